The predicted molar refractivity (Wildman–Crippen MR) is 132 cm³/mol. The van der Waals surface area contributed by atoms with Crippen LogP contribution in [-0.4, -0.2) is 40.1 Å². The average Bonchev–Trinajstić information content (AvgIpc) is 3.50. The maximum atomic E-state index is 13.5. The van der Waals surface area contributed by atoms with Gasteiger partial charge in [-0.15, -0.1) is 0 Å². The SMILES string of the molecule is CN1C(=O)[C@@H](CC2CCCC2)N(C2CCCC2)c2nc(Nc3cc(Cl)c(O)c(Cl)c3)ncc21. The highest BCUT2D eigenvalue weighted by Crippen LogP contribution is 2.42. The van der Waals surface area contributed by atoms with Gasteiger partial charge in [0.2, 0.25) is 11.9 Å². The van der Waals surface area contributed by atoms with Gasteiger partial charge in [-0.2, -0.15) is 4.98 Å². The van der Waals surface area contributed by atoms with Crippen LogP contribution in [0.1, 0.15) is 57.8 Å². The molecule has 1 aromatic carbocycles. The van der Waals surface area contributed by atoms with Crippen molar-refractivity contribution in [3.63, 3.8) is 0 Å². The summed E-state index contributed by atoms with van der Waals surface area (Å²) in [6, 6.07) is 3.29. The summed E-state index contributed by atoms with van der Waals surface area (Å²) in [5.41, 5.74) is 1.32. The van der Waals surface area contributed by atoms with Crippen LogP contribution in [0.25, 0.3) is 0 Å². The molecule has 1 aromatic heterocycles. The van der Waals surface area contributed by atoms with E-state index in [-0.39, 0.29) is 27.7 Å². The molecule has 1 aliphatic heterocycles. The van der Waals surface area contributed by atoms with Gasteiger partial charge in [0.25, 0.3) is 0 Å². The number of amides is 1. The summed E-state index contributed by atoms with van der Waals surface area (Å²) in [6.07, 6.45) is 12.0. The van der Waals surface area contributed by atoms with Crippen molar-refractivity contribution in [3.8, 4) is 5.75 Å². The number of nitrogens with zero attached hydrogens (tertiary/aromatic N) is 4. The Morgan fingerprint density at radius 2 is 1.73 bits per heavy atom. The van der Waals surface area contributed by atoms with Gasteiger partial charge in [0.05, 0.1) is 16.2 Å². The Morgan fingerprint density at radius 1 is 1.09 bits per heavy atom. The molecule has 0 unspecified atom stereocenters. The lowest BCUT2D eigenvalue weighted by Crippen LogP contribution is -2.56. The summed E-state index contributed by atoms with van der Waals surface area (Å²) < 4.78 is 0. The summed E-state index contributed by atoms with van der Waals surface area (Å²) in [5, 5.41) is 13.3. The molecule has 7 nitrogen and oxygen atoms in total. The van der Waals surface area contributed by atoms with Crippen molar-refractivity contribution in [3.05, 3.63) is 28.4 Å². The van der Waals surface area contributed by atoms with E-state index >= 15 is 0 Å². The standard InChI is InChI=1S/C24H29Cl2N5O2/c1-30-20-13-27-24(28-15-11-17(25)21(32)18(26)12-15)29-22(20)31(16-8-4-5-9-16)19(23(30)33)10-14-6-2-3-7-14/h11-14,16,19,32H,2-10H2,1H3,(H,27,28,29)/t19-/m1/s1. The van der Waals surface area contributed by atoms with Gasteiger partial charge >= 0.3 is 0 Å². The van der Waals surface area contributed by atoms with E-state index in [0.717, 1.165) is 30.8 Å². The van der Waals surface area contributed by atoms with Crippen molar-refractivity contribution in [2.24, 2.45) is 5.92 Å². The van der Waals surface area contributed by atoms with Crippen LogP contribution in [0.5, 0.6) is 5.75 Å². The van der Waals surface area contributed by atoms with E-state index in [2.05, 4.69) is 15.2 Å². The molecule has 0 radical (unpaired) electrons. The number of aromatic nitrogens is 2. The second-order valence-corrected chi connectivity index (χ2v) is 10.3. The summed E-state index contributed by atoms with van der Waals surface area (Å²) in [7, 11) is 1.82. The molecule has 2 N–H and O–H groups in total. The lowest BCUT2D eigenvalue weighted by molar-refractivity contribution is -0.120. The Hall–Kier alpha value is -2.25. The van der Waals surface area contributed by atoms with E-state index in [1.54, 1.807) is 23.2 Å². The number of hydrogen-bond acceptors (Lipinski definition) is 6. The number of phenolic OH excluding ortho intramolecular Hbond substituents is 1. The zero-order valence-electron chi connectivity index (χ0n) is 18.7. The highest BCUT2D eigenvalue weighted by molar-refractivity contribution is 6.37. The summed E-state index contributed by atoms with van der Waals surface area (Å²) >= 11 is 12.2. The maximum Gasteiger partial charge on any atom is 0.249 e. The fourth-order valence-electron chi connectivity index (χ4n) is 5.61. The third-order valence-corrected chi connectivity index (χ3v) is 7.91. The third-order valence-electron chi connectivity index (χ3n) is 7.33. The topological polar surface area (TPSA) is 81.6 Å². The van der Waals surface area contributed by atoms with Gasteiger partial charge in [0.15, 0.2) is 11.6 Å². The molecule has 2 heterocycles. The van der Waals surface area contributed by atoms with Crippen molar-refractivity contribution in [1.82, 2.24) is 9.97 Å². The number of carbonyl (C=O) groups excluding carboxylic acids is 1. The van der Waals surface area contributed by atoms with Crippen LogP contribution in [0.2, 0.25) is 10.0 Å². The molecule has 2 saturated carbocycles. The van der Waals surface area contributed by atoms with Crippen LogP contribution in [0.3, 0.4) is 0 Å². The number of hydrogen-bond donors (Lipinski definition) is 2. The number of phenols is 1. The number of carbonyl (C=O) groups is 1. The number of benzene rings is 1. The lowest BCUT2D eigenvalue weighted by Gasteiger charge is -2.44. The van der Waals surface area contributed by atoms with Crippen LogP contribution in [0, 0.1) is 5.92 Å². The smallest absolute Gasteiger partial charge is 0.249 e. The van der Waals surface area contributed by atoms with Crippen molar-refractivity contribution in [2.75, 3.05) is 22.2 Å². The number of rotatable bonds is 5. The molecule has 0 bridgehead atoms. The first kappa shape index (κ1) is 22.5. The van der Waals surface area contributed by atoms with Gasteiger partial charge in [0.1, 0.15) is 11.7 Å². The molecule has 0 saturated heterocycles. The zero-order chi connectivity index (χ0) is 23.1. The molecule has 2 aromatic rings. The van der Waals surface area contributed by atoms with Crippen molar-refractivity contribution in [2.45, 2.75) is 69.9 Å². The van der Waals surface area contributed by atoms with Crippen LogP contribution in [0.15, 0.2) is 18.3 Å². The third kappa shape index (κ3) is 4.33. The van der Waals surface area contributed by atoms with E-state index in [1.807, 2.05) is 7.05 Å². The largest absolute Gasteiger partial charge is 0.505 e. The van der Waals surface area contributed by atoms with Crippen LogP contribution < -0.4 is 15.1 Å². The number of anilines is 4. The summed E-state index contributed by atoms with van der Waals surface area (Å²) in [4.78, 5) is 26.8. The molecular formula is C24H29Cl2N5O2. The molecule has 3 aliphatic rings. The van der Waals surface area contributed by atoms with Crippen LogP contribution >= 0.6 is 23.2 Å². The van der Waals surface area contributed by atoms with Gasteiger partial charge < -0.3 is 20.2 Å². The Morgan fingerprint density at radius 3 is 2.39 bits per heavy atom. The Labute approximate surface area is 204 Å². The number of aromatic hydroxyl groups is 1. The van der Waals surface area contributed by atoms with E-state index in [4.69, 9.17) is 28.2 Å². The quantitative estimate of drug-likeness (QED) is 0.508. The molecule has 9 heteroatoms. The van der Waals surface area contributed by atoms with E-state index in [9.17, 15) is 9.90 Å². The number of fused-ring (bicyclic) bond motifs is 1. The van der Waals surface area contributed by atoms with E-state index in [0.29, 0.717) is 23.6 Å². The minimum atomic E-state index is -0.186. The molecule has 1 amide bonds. The zero-order valence-corrected chi connectivity index (χ0v) is 20.2. The summed E-state index contributed by atoms with van der Waals surface area (Å²) in [6.45, 7) is 0. The number of nitrogens with one attached hydrogen (secondary N) is 1. The average molecular weight is 490 g/mol. The minimum absolute atomic E-state index is 0.141. The highest BCUT2D eigenvalue weighted by atomic mass is 35.5. The molecule has 176 valence electrons. The fraction of sp³-hybridized carbons (Fsp3) is 0.542. The second kappa shape index (κ2) is 9.18. The maximum absolute atomic E-state index is 13.5. The van der Waals surface area contributed by atoms with Crippen LogP contribution in [0.4, 0.5) is 23.1 Å². The first-order valence-corrected chi connectivity index (χ1v) is 12.6. The van der Waals surface area contributed by atoms with E-state index < -0.39 is 0 Å². The van der Waals surface area contributed by atoms with Crippen LogP contribution in [-0.2, 0) is 4.79 Å². The van der Waals surface area contributed by atoms with Gasteiger partial charge in [0, 0.05) is 18.8 Å². The first-order chi connectivity index (χ1) is 15.9. The van der Waals surface area contributed by atoms with Crippen molar-refractivity contribution in [1.29, 1.82) is 0 Å². The normalized spacial score (nSPS) is 21.7. The summed E-state index contributed by atoms with van der Waals surface area (Å²) in [5.74, 6) is 1.79. The van der Waals surface area contributed by atoms with Gasteiger partial charge in [-0.05, 0) is 37.3 Å². The Kier molecular flexibility index (Phi) is 6.27. The fourth-order valence-corrected chi connectivity index (χ4v) is 6.10. The second-order valence-electron chi connectivity index (χ2n) is 9.46. The molecule has 0 spiro atoms. The van der Waals surface area contributed by atoms with Gasteiger partial charge in [-0.1, -0.05) is 61.7 Å². The predicted octanol–water partition coefficient (Wildman–Crippen LogP) is 5.91. The van der Waals surface area contributed by atoms with Gasteiger partial charge in [-0.25, -0.2) is 4.98 Å². The number of likely N-dealkylation sites (N-methyl/N-ethyl adjacent to an activating group) is 1. The molecule has 5 rings (SSSR count). The molecule has 1 atom stereocenters. The monoisotopic (exact) mass is 489 g/mol. The molecule has 2 aliphatic carbocycles. The molecule has 33 heavy (non-hydrogen) atoms. The minimum Gasteiger partial charge on any atom is -0.505 e. The number of halogens is 2. The molecule has 2 fully saturated rings. The lowest BCUT2D eigenvalue weighted by atomic mass is 9.93. The van der Waals surface area contributed by atoms with E-state index in [1.165, 1.54) is 38.5 Å². The van der Waals surface area contributed by atoms with Gasteiger partial charge in [-0.3, -0.25) is 4.79 Å². The Bertz CT molecular complexity index is 1030. The van der Waals surface area contributed by atoms with Crippen molar-refractivity contribution < 1.29 is 9.90 Å². The first-order valence-electron chi connectivity index (χ1n) is 11.8. The molecular weight excluding hydrogens is 461 g/mol. The van der Waals surface area contributed by atoms with Crippen molar-refractivity contribution >= 4 is 52.3 Å². The highest BCUT2D eigenvalue weighted by Gasteiger charge is 2.43. The Balaban J connectivity index is 1.51.